The van der Waals surface area contributed by atoms with Crippen molar-refractivity contribution in [3.8, 4) is 11.5 Å². The van der Waals surface area contributed by atoms with Crippen molar-refractivity contribution in [1.82, 2.24) is 5.01 Å². The Morgan fingerprint density at radius 2 is 1.59 bits per heavy atom. The SMILES string of the molecule is CC(C)Oc1ccccc1C1Oc2ccccc2C2CC(c3ccccc3)=NN21. The molecule has 2 unspecified atom stereocenters. The van der Waals surface area contributed by atoms with E-state index in [2.05, 4.69) is 47.5 Å². The number of nitrogens with zero attached hydrogens (tertiary/aromatic N) is 2. The van der Waals surface area contributed by atoms with Crippen LogP contribution in [0.5, 0.6) is 11.5 Å². The molecule has 0 bridgehead atoms. The number of benzene rings is 3. The molecule has 2 heterocycles. The summed E-state index contributed by atoms with van der Waals surface area (Å²) in [5, 5.41) is 7.13. The summed E-state index contributed by atoms with van der Waals surface area (Å²) in [6, 6.07) is 26.9. The van der Waals surface area contributed by atoms with Crippen molar-refractivity contribution in [2.24, 2.45) is 5.10 Å². The lowest BCUT2D eigenvalue weighted by Crippen LogP contribution is -2.34. The normalized spacial score (nSPS) is 20.0. The lowest BCUT2D eigenvalue weighted by Gasteiger charge is -2.38. The summed E-state index contributed by atoms with van der Waals surface area (Å²) in [5.74, 6) is 1.76. The molecule has 3 aromatic carbocycles. The standard InChI is InChI=1S/C25H24N2O2/c1-17(2)28-24-15-9-7-13-20(24)25-27-22(19-12-6-8-14-23(19)29-25)16-21(26-27)18-10-4-3-5-11-18/h3-15,17,22,25H,16H2,1-2H3. The van der Waals surface area contributed by atoms with Gasteiger partial charge in [0.15, 0.2) is 0 Å². The maximum absolute atomic E-state index is 6.48. The van der Waals surface area contributed by atoms with Crippen LogP contribution in [0.25, 0.3) is 0 Å². The molecule has 0 fully saturated rings. The molecule has 4 heteroatoms. The smallest absolute Gasteiger partial charge is 0.217 e. The summed E-state index contributed by atoms with van der Waals surface area (Å²) >= 11 is 0. The van der Waals surface area contributed by atoms with Gasteiger partial charge in [-0.25, -0.2) is 5.01 Å². The molecular weight excluding hydrogens is 360 g/mol. The molecule has 0 aromatic heterocycles. The minimum atomic E-state index is -0.328. The van der Waals surface area contributed by atoms with Gasteiger partial charge in [-0.15, -0.1) is 0 Å². The maximum Gasteiger partial charge on any atom is 0.217 e. The van der Waals surface area contributed by atoms with Gasteiger partial charge in [0.25, 0.3) is 0 Å². The predicted octanol–water partition coefficient (Wildman–Crippen LogP) is 5.72. The van der Waals surface area contributed by atoms with Crippen LogP contribution in [0, 0.1) is 0 Å². The van der Waals surface area contributed by atoms with Crippen LogP contribution in [0.2, 0.25) is 0 Å². The molecule has 5 rings (SSSR count). The zero-order valence-corrected chi connectivity index (χ0v) is 16.7. The predicted molar refractivity (Wildman–Crippen MR) is 114 cm³/mol. The van der Waals surface area contributed by atoms with Crippen molar-refractivity contribution in [1.29, 1.82) is 0 Å². The topological polar surface area (TPSA) is 34.1 Å². The fourth-order valence-electron chi connectivity index (χ4n) is 4.09. The number of hydrogen-bond acceptors (Lipinski definition) is 4. The molecular formula is C25H24N2O2. The lowest BCUT2D eigenvalue weighted by atomic mass is 9.96. The van der Waals surface area contributed by atoms with Crippen LogP contribution in [0.4, 0.5) is 0 Å². The summed E-state index contributed by atoms with van der Waals surface area (Å²) in [5.41, 5.74) is 4.42. The van der Waals surface area contributed by atoms with E-state index in [1.54, 1.807) is 0 Å². The molecule has 0 saturated heterocycles. The average Bonchev–Trinajstić information content (AvgIpc) is 3.20. The van der Waals surface area contributed by atoms with E-state index in [9.17, 15) is 0 Å². The maximum atomic E-state index is 6.48. The van der Waals surface area contributed by atoms with Gasteiger partial charge in [-0.2, -0.15) is 5.10 Å². The van der Waals surface area contributed by atoms with E-state index in [0.29, 0.717) is 0 Å². The second-order valence-corrected chi connectivity index (χ2v) is 7.73. The molecule has 2 atom stereocenters. The van der Waals surface area contributed by atoms with Crippen LogP contribution in [0.1, 0.15) is 49.2 Å². The van der Waals surface area contributed by atoms with E-state index in [-0.39, 0.29) is 18.4 Å². The molecule has 0 radical (unpaired) electrons. The Kier molecular flexibility index (Phi) is 4.47. The third-order valence-corrected chi connectivity index (χ3v) is 5.35. The number of hydrogen-bond donors (Lipinski definition) is 0. The summed E-state index contributed by atoms with van der Waals surface area (Å²) in [6.45, 7) is 4.08. The second-order valence-electron chi connectivity index (χ2n) is 7.73. The van der Waals surface area contributed by atoms with E-state index in [0.717, 1.165) is 34.8 Å². The first-order valence-electron chi connectivity index (χ1n) is 10.1. The van der Waals surface area contributed by atoms with Crippen molar-refractivity contribution in [3.05, 3.63) is 95.6 Å². The largest absolute Gasteiger partial charge is 0.491 e. The van der Waals surface area contributed by atoms with Gasteiger partial charge in [0.1, 0.15) is 11.5 Å². The summed E-state index contributed by atoms with van der Waals surface area (Å²) in [6.07, 6.45) is 0.615. The minimum absolute atomic E-state index is 0.0878. The van der Waals surface area contributed by atoms with Gasteiger partial charge >= 0.3 is 0 Å². The Morgan fingerprint density at radius 1 is 0.897 bits per heavy atom. The Bertz CT molecular complexity index is 1050. The van der Waals surface area contributed by atoms with Crippen LogP contribution < -0.4 is 9.47 Å². The number of hydrazone groups is 1. The third-order valence-electron chi connectivity index (χ3n) is 5.35. The second kappa shape index (κ2) is 7.28. The highest BCUT2D eigenvalue weighted by Gasteiger charge is 2.41. The first-order valence-corrected chi connectivity index (χ1v) is 10.1. The van der Waals surface area contributed by atoms with Crippen LogP contribution >= 0.6 is 0 Å². The molecule has 0 N–H and O–H groups in total. The van der Waals surface area contributed by atoms with Crippen molar-refractivity contribution in [2.75, 3.05) is 0 Å². The molecule has 0 aliphatic carbocycles. The van der Waals surface area contributed by atoms with Crippen LogP contribution in [0.15, 0.2) is 84.0 Å². The lowest BCUT2D eigenvalue weighted by molar-refractivity contribution is -0.0210. The van der Waals surface area contributed by atoms with Gasteiger partial charge in [0, 0.05) is 12.0 Å². The van der Waals surface area contributed by atoms with E-state index in [4.69, 9.17) is 14.6 Å². The molecule has 2 aliphatic rings. The van der Waals surface area contributed by atoms with Gasteiger partial charge in [-0.1, -0.05) is 60.7 Å². The Morgan fingerprint density at radius 3 is 2.38 bits per heavy atom. The highest BCUT2D eigenvalue weighted by atomic mass is 16.5. The molecule has 146 valence electrons. The number of fused-ring (bicyclic) bond motifs is 3. The van der Waals surface area contributed by atoms with Crippen molar-refractivity contribution >= 4 is 5.71 Å². The van der Waals surface area contributed by atoms with E-state index < -0.39 is 0 Å². The molecule has 3 aromatic rings. The first kappa shape index (κ1) is 17.8. The summed E-state index contributed by atoms with van der Waals surface area (Å²) in [4.78, 5) is 0. The van der Waals surface area contributed by atoms with Crippen LogP contribution in [0.3, 0.4) is 0 Å². The molecule has 2 aliphatic heterocycles. The first-order chi connectivity index (χ1) is 14.2. The molecule has 0 saturated carbocycles. The quantitative estimate of drug-likeness (QED) is 0.577. The minimum Gasteiger partial charge on any atom is -0.491 e. The average molecular weight is 384 g/mol. The molecule has 29 heavy (non-hydrogen) atoms. The fraction of sp³-hybridized carbons (Fsp3) is 0.240. The van der Waals surface area contributed by atoms with Gasteiger partial charge in [-0.3, -0.25) is 0 Å². The molecule has 4 nitrogen and oxygen atoms in total. The number of ether oxygens (including phenoxy) is 2. The van der Waals surface area contributed by atoms with Crippen molar-refractivity contribution in [3.63, 3.8) is 0 Å². The highest BCUT2D eigenvalue weighted by molar-refractivity contribution is 6.01. The third kappa shape index (κ3) is 3.25. The van der Waals surface area contributed by atoms with E-state index in [1.165, 1.54) is 5.56 Å². The number of para-hydroxylation sites is 2. The van der Waals surface area contributed by atoms with Gasteiger partial charge < -0.3 is 9.47 Å². The number of rotatable bonds is 4. The van der Waals surface area contributed by atoms with Gasteiger partial charge in [0.2, 0.25) is 6.23 Å². The Balaban J connectivity index is 1.60. The Labute approximate surface area is 171 Å². The highest BCUT2D eigenvalue weighted by Crippen LogP contribution is 2.48. The summed E-state index contributed by atoms with van der Waals surface area (Å²) in [7, 11) is 0. The Hall–Kier alpha value is -3.27. The van der Waals surface area contributed by atoms with E-state index in [1.807, 2.05) is 50.2 Å². The van der Waals surface area contributed by atoms with Gasteiger partial charge in [-0.05, 0) is 37.6 Å². The van der Waals surface area contributed by atoms with Gasteiger partial charge in [0.05, 0.1) is 23.4 Å². The fourth-order valence-corrected chi connectivity index (χ4v) is 4.09. The molecule has 0 amide bonds. The zero-order chi connectivity index (χ0) is 19.8. The van der Waals surface area contributed by atoms with E-state index >= 15 is 0 Å². The molecule has 0 spiro atoms. The van der Waals surface area contributed by atoms with Crippen LogP contribution in [-0.4, -0.2) is 16.8 Å². The van der Waals surface area contributed by atoms with Crippen molar-refractivity contribution in [2.45, 2.75) is 38.6 Å². The monoisotopic (exact) mass is 384 g/mol. The summed E-state index contributed by atoms with van der Waals surface area (Å²) < 4.78 is 12.6. The van der Waals surface area contributed by atoms with Crippen molar-refractivity contribution < 1.29 is 9.47 Å². The zero-order valence-electron chi connectivity index (χ0n) is 16.7. The van der Waals surface area contributed by atoms with Crippen LogP contribution in [-0.2, 0) is 0 Å².